The standard InChI is InChI=1S/C23H30N2O4/c1-15(2)9-11-19-13-16(3)21(23(28)29-19)22(27)24-18-8-6-7-17(14-18)10-12-20(26)25(4)5/h6-8,13-15H,9-12H2,1-5H3,(H,24,27). The van der Waals surface area contributed by atoms with Crippen molar-refractivity contribution in [2.75, 3.05) is 19.4 Å². The highest BCUT2D eigenvalue weighted by molar-refractivity contribution is 6.04. The molecule has 6 nitrogen and oxygen atoms in total. The van der Waals surface area contributed by atoms with Gasteiger partial charge in [-0.3, -0.25) is 9.59 Å². The number of carbonyl (C=O) groups excluding carboxylic acids is 2. The van der Waals surface area contributed by atoms with Crippen LogP contribution < -0.4 is 10.9 Å². The molecule has 0 spiro atoms. The second-order valence-corrected chi connectivity index (χ2v) is 7.93. The fourth-order valence-corrected chi connectivity index (χ4v) is 2.97. The molecule has 0 saturated heterocycles. The van der Waals surface area contributed by atoms with E-state index < -0.39 is 11.5 Å². The largest absolute Gasteiger partial charge is 0.427 e. The molecule has 0 unspecified atom stereocenters. The molecule has 0 atom stereocenters. The molecule has 29 heavy (non-hydrogen) atoms. The van der Waals surface area contributed by atoms with Crippen LogP contribution in [-0.2, 0) is 17.6 Å². The molecule has 156 valence electrons. The molecule has 0 saturated carbocycles. The molecule has 2 rings (SSSR count). The summed E-state index contributed by atoms with van der Waals surface area (Å²) in [6.07, 6.45) is 2.55. The van der Waals surface area contributed by atoms with Crippen LogP contribution in [0.15, 0.2) is 39.5 Å². The zero-order chi connectivity index (χ0) is 21.6. The molecule has 0 aliphatic carbocycles. The van der Waals surface area contributed by atoms with E-state index in [-0.39, 0.29) is 11.5 Å². The average molecular weight is 399 g/mol. The minimum Gasteiger partial charge on any atom is -0.427 e. The van der Waals surface area contributed by atoms with Gasteiger partial charge in [0.15, 0.2) is 0 Å². The van der Waals surface area contributed by atoms with Gasteiger partial charge in [-0.05, 0) is 55.0 Å². The Morgan fingerprint density at radius 2 is 1.86 bits per heavy atom. The van der Waals surface area contributed by atoms with Gasteiger partial charge in [-0.2, -0.15) is 0 Å². The molecule has 1 aromatic heterocycles. The predicted molar refractivity (Wildman–Crippen MR) is 114 cm³/mol. The summed E-state index contributed by atoms with van der Waals surface area (Å²) in [5, 5.41) is 2.77. The van der Waals surface area contributed by atoms with Crippen molar-refractivity contribution in [2.45, 2.75) is 46.5 Å². The smallest absolute Gasteiger partial charge is 0.349 e. The van der Waals surface area contributed by atoms with Crippen LogP contribution >= 0.6 is 0 Å². The summed E-state index contributed by atoms with van der Waals surface area (Å²) in [4.78, 5) is 38.4. The van der Waals surface area contributed by atoms with E-state index in [2.05, 4.69) is 19.2 Å². The Labute approximate surface area is 171 Å². The zero-order valence-corrected chi connectivity index (χ0v) is 17.9. The van der Waals surface area contributed by atoms with Gasteiger partial charge >= 0.3 is 5.63 Å². The summed E-state index contributed by atoms with van der Waals surface area (Å²) < 4.78 is 5.35. The first kappa shape index (κ1) is 22.4. The number of nitrogens with one attached hydrogen (secondary N) is 1. The highest BCUT2D eigenvalue weighted by Crippen LogP contribution is 2.16. The van der Waals surface area contributed by atoms with Crippen LogP contribution in [0.25, 0.3) is 0 Å². The Hall–Kier alpha value is -2.89. The monoisotopic (exact) mass is 398 g/mol. The maximum absolute atomic E-state index is 12.7. The van der Waals surface area contributed by atoms with Crippen molar-refractivity contribution in [3.8, 4) is 0 Å². The fourth-order valence-electron chi connectivity index (χ4n) is 2.97. The third-order valence-corrected chi connectivity index (χ3v) is 4.71. The van der Waals surface area contributed by atoms with E-state index in [9.17, 15) is 14.4 Å². The van der Waals surface area contributed by atoms with Crippen molar-refractivity contribution in [2.24, 2.45) is 5.92 Å². The quantitative estimate of drug-likeness (QED) is 0.733. The van der Waals surface area contributed by atoms with Crippen LogP contribution in [0.4, 0.5) is 5.69 Å². The maximum Gasteiger partial charge on any atom is 0.349 e. The van der Waals surface area contributed by atoms with Gasteiger partial charge < -0.3 is 14.6 Å². The van der Waals surface area contributed by atoms with E-state index in [1.54, 1.807) is 38.1 Å². The number of aryl methyl sites for hydroxylation is 3. The molecule has 1 aromatic carbocycles. The molecule has 0 bridgehead atoms. The highest BCUT2D eigenvalue weighted by atomic mass is 16.4. The van der Waals surface area contributed by atoms with Crippen LogP contribution in [0.2, 0.25) is 0 Å². The Kier molecular flexibility index (Phi) is 7.76. The topological polar surface area (TPSA) is 79.6 Å². The van der Waals surface area contributed by atoms with E-state index in [4.69, 9.17) is 4.42 Å². The van der Waals surface area contributed by atoms with Crippen molar-refractivity contribution in [1.82, 2.24) is 4.90 Å². The lowest BCUT2D eigenvalue weighted by molar-refractivity contribution is -0.128. The maximum atomic E-state index is 12.7. The Morgan fingerprint density at radius 3 is 2.48 bits per heavy atom. The first-order valence-electron chi connectivity index (χ1n) is 9.91. The lowest BCUT2D eigenvalue weighted by Gasteiger charge is -2.11. The summed E-state index contributed by atoms with van der Waals surface area (Å²) >= 11 is 0. The molecule has 2 aromatic rings. The third-order valence-electron chi connectivity index (χ3n) is 4.71. The van der Waals surface area contributed by atoms with Crippen LogP contribution in [0.3, 0.4) is 0 Å². The molecule has 0 radical (unpaired) electrons. The van der Waals surface area contributed by atoms with Crippen molar-refractivity contribution >= 4 is 17.5 Å². The van der Waals surface area contributed by atoms with Gasteiger partial charge in [0.05, 0.1) is 0 Å². The number of hydrogen-bond acceptors (Lipinski definition) is 4. The van der Waals surface area contributed by atoms with Gasteiger partial charge in [0.2, 0.25) is 5.91 Å². The third kappa shape index (κ3) is 6.59. The van der Waals surface area contributed by atoms with Crippen LogP contribution in [0.5, 0.6) is 0 Å². The van der Waals surface area contributed by atoms with Gasteiger partial charge in [-0.15, -0.1) is 0 Å². The van der Waals surface area contributed by atoms with Gasteiger partial charge in [0.25, 0.3) is 5.91 Å². The lowest BCUT2D eigenvalue weighted by Crippen LogP contribution is -2.23. The van der Waals surface area contributed by atoms with E-state index in [1.807, 2.05) is 18.2 Å². The molecule has 1 N–H and O–H groups in total. The molecule has 0 fully saturated rings. The van der Waals surface area contributed by atoms with Gasteiger partial charge in [-0.25, -0.2) is 4.79 Å². The summed E-state index contributed by atoms with van der Waals surface area (Å²) in [7, 11) is 3.45. The number of hydrogen-bond donors (Lipinski definition) is 1. The highest BCUT2D eigenvalue weighted by Gasteiger charge is 2.17. The van der Waals surface area contributed by atoms with Crippen LogP contribution in [0.1, 0.15) is 53.9 Å². The fraction of sp³-hybridized carbons (Fsp3) is 0.435. The zero-order valence-electron chi connectivity index (χ0n) is 17.9. The molecule has 6 heteroatoms. The van der Waals surface area contributed by atoms with Crippen molar-refractivity contribution in [1.29, 1.82) is 0 Å². The second kappa shape index (κ2) is 10.0. The normalized spacial score (nSPS) is 10.8. The summed E-state index contributed by atoms with van der Waals surface area (Å²) in [6.45, 7) is 5.96. The number of amides is 2. The minimum absolute atomic E-state index is 0.0199. The predicted octanol–water partition coefficient (Wildman–Crippen LogP) is 3.81. The molecular weight excluding hydrogens is 368 g/mol. The SMILES string of the molecule is Cc1cc(CCC(C)C)oc(=O)c1C(=O)Nc1cccc(CCC(=O)N(C)C)c1. The summed E-state index contributed by atoms with van der Waals surface area (Å²) in [5.74, 6) is 0.660. The van der Waals surface area contributed by atoms with E-state index in [0.29, 0.717) is 42.2 Å². The van der Waals surface area contributed by atoms with Crippen molar-refractivity contribution in [3.63, 3.8) is 0 Å². The number of anilines is 1. The van der Waals surface area contributed by atoms with Gasteiger partial charge in [-0.1, -0.05) is 26.0 Å². The second-order valence-electron chi connectivity index (χ2n) is 7.93. The first-order valence-corrected chi connectivity index (χ1v) is 9.91. The summed E-state index contributed by atoms with van der Waals surface area (Å²) in [6, 6.07) is 9.05. The average Bonchev–Trinajstić information content (AvgIpc) is 2.64. The lowest BCUT2D eigenvalue weighted by atomic mass is 10.0. The van der Waals surface area contributed by atoms with Crippen molar-refractivity contribution in [3.05, 3.63) is 63.2 Å². The Morgan fingerprint density at radius 1 is 1.14 bits per heavy atom. The van der Waals surface area contributed by atoms with Crippen LogP contribution in [0, 0.1) is 12.8 Å². The van der Waals surface area contributed by atoms with Crippen molar-refractivity contribution < 1.29 is 14.0 Å². The molecule has 0 aliphatic rings. The molecule has 0 aliphatic heterocycles. The van der Waals surface area contributed by atoms with Crippen LogP contribution in [-0.4, -0.2) is 30.8 Å². The Bertz CT molecular complexity index is 929. The van der Waals surface area contributed by atoms with Gasteiger partial charge in [0.1, 0.15) is 11.3 Å². The molecule has 2 amide bonds. The Balaban J connectivity index is 2.11. The van der Waals surface area contributed by atoms with Gasteiger partial charge in [0, 0.05) is 32.6 Å². The van der Waals surface area contributed by atoms with E-state index >= 15 is 0 Å². The minimum atomic E-state index is -0.617. The van der Waals surface area contributed by atoms with E-state index in [1.165, 1.54) is 0 Å². The summed E-state index contributed by atoms with van der Waals surface area (Å²) in [5.41, 5.74) is 1.52. The number of nitrogens with zero attached hydrogens (tertiary/aromatic N) is 1. The van der Waals surface area contributed by atoms with E-state index in [0.717, 1.165) is 12.0 Å². The molecule has 1 heterocycles. The number of benzene rings is 1. The first-order chi connectivity index (χ1) is 13.7. The molecular formula is C23H30N2O4. The number of carbonyl (C=O) groups is 2. The number of rotatable bonds is 8.